The van der Waals surface area contributed by atoms with E-state index in [2.05, 4.69) is 9.47 Å². The Hall–Kier alpha value is -1.39. The number of alkyl halides is 2. The first-order valence-corrected chi connectivity index (χ1v) is 4.79. The van der Waals surface area contributed by atoms with Gasteiger partial charge in [-0.05, 0) is 17.0 Å². The van der Waals surface area contributed by atoms with Crippen molar-refractivity contribution in [1.29, 1.82) is 0 Å². The zero-order valence-electron chi connectivity index (χ0n) is 9.11. The minimum absolute atomic E-state index is 0.128. The molecule has 0 N–H and O–H groups in total. The van der Waals surface area contributed by atoms with Crippen molar-refractivity contribution in [2.24, 2.45) is 0 Å². The molecule has 1 heterocycles. The minimum atomic E-state index is -3.70. The summed E-state index contributed by atoms with van der Waals surface area (Å²) >= 11 is 0. The van der Waals surface area contributed by atoms with Gasteiger partial charge in [-0.15, -0.1) is 8.78 Å². The van der Waals surface area contributed by atoms with Crippen molar-refractivity contribution in [2.45, 2.75) is 32.5 Å². The van der Waals surface area contributed by atoms with E-state index in [0.717, 1.165) is 6.07 Å². The monoisotopic (exact) mass is 232 g/mol. The summed E-state index contributed by atoms with van der Waals surface area (Å²) in [5.41, 5.74) is -0.173. The van der Waals surface area contributed by atoms with Gasteiger partial charge < -0.3 is 9.47 Å². The van der Waals surface area contributed by atoms with Gasteiger partial charge >= 0.3 is 6.29 Å². The van der Waals surface area contributed by atoms with Crippen LogP contribution in [0.2, 0.25) is 0 Å². The number of ether oxygens (including phenoxy) is 2. The van der Waals surface area contributed by atoms with Crippen LogP contribution in [-0.2, 0) is 5.41 Å². The Morgan fingerprint density at radius 3 is 2.06 bits per heavy atom. The van der Waals surface area contributed by atoms with Crippen molar-refractivity contribution in [2.75, 3.05) is 0 Å². The van der Waals surface area contributed by atoms with Crippen molar-refractivity contribution in [3.05, 3.63) is 23.5 Å². The van der Waals surface area contributed by atoms with Gasteiger partial charge in [0.2, 0.25) is 0 Å². The molecule has 1 aliphatic rings. The Labute approximate surface area is 91.0 Å². The topological polar surface area (TPSA) is 18.5 Å². The SMILES string of the molecule is CC(C)(C)c1cc2c(cc1F)OC(F)(F)O2. The van der Waals surface area contributed by atoms with E-state index < -0.39 is 17.5 Å². The summed E-state index contributed by atoms with van der Waals surface area (Å²) in [4.78, 5) is 0. The lowest BCUT2D eigenvalue weighted by Gasteiger charge is -2.19. The number of rotatable bonds is 0. The van der Waals surface area contributed by atoms with Crippen molar-refractivity contribution in [3.63, 3.8) is 0 Å². The molecule has 1 aromatic carbocycles. The van der Waals surface area contributed by atoms with E-state index in [0.29, 0.717) is 5.56 Å². The molecule has 0 aromatic heterocycles. The van der Waals surface area contributed by atoms with E-state index in [4.69, 9.17) is 0 Å². The second kappa shape index (κ2) is 3.06. The van der Waals surface area contributed by atoms with Gasteiger partial charge in [-0.1, -0.05) is 20.8 Å². The maximum atomic E-state index is 13.6. The Bertz CT molecular complexity index is 436. The maximum absolute atomic E-state index is 13.6. The molecule has 0 saturated carbocycles. The largest absolute Gasteiger partial charge is 0.586 e. The van der Waals surface area contributed by atoms with Crippen LogP contribution in [0, 0.1) is 5.82 Å². The molecule has 0 atom stereocenters. The lowest BCUT2D eigenvalue weighted by molar-refractivity contribution is -0.286. The minimum Gasteiger partial charge on any atom is -0.395 e. The third-order valence-corrected chi connectivity index (χ3v) is 2.30. The molecule has 0 aliphatic carbocycles. The molecule has 0 bridgehead atoms. The molecular weight excluding hydrogens is 221 g/mol. The molecule has 88 valence electrons. The fourth-order valence-electron chi connectivity index (χ4n) is 1.55. The lowest BCUT2D eigenvalue weighted by Crippen LogP contribution is -2.25. The first-order chi connectivity index (χ1) is 7.19. The molecule has 0 fully saturated rings. The average Bonchev–Trinajstić information content (AvgIpc) is 2.34. The lowest BCUT2D eigenvalue weighted by atomic mass is 9.86. The van der Waals surface area contributed by atoms with Crippen molar-refractivity contribution >= 4 is 0 Å². The van der Waals surface area contributed by atoms with E-state index >= 15 is 0 Å². The normalized spacial score (nSPS) is 17.6. The van der Waals surface area contributed by atoms with Crippen molar-refractivity contribution in [3.8, 4) is 11.5 Å². The van der Waals surface area contributed by atoms with Crippen LogP contribution >= 0.6 is 0 Å². The zero-order chi connectivity index (χ0) is 12.1. The highest BCUT2D eigenvalue weighted by molar-refractivity contribution is 5.47. The van der Waals surface area contributed by atoms with Gasteiger partial charge in [0.15, 0.2) is 11.5 Å². The van der Waals surface area contributed by atoms with E-state index in [1.54, 1.807) is 20.8 Å². The van der Waals surface area contributed by atoms with Crippen LogP contribution in [0.4, 0.5) is 13.2 Å². The van der Waals surface area contributed by atoms with Crippen LogP contribution < -0.4 is 9.47 Å². The molecule has 0 radical (unpaired) electrons. The fraction of sp³-hybridized carbons (Fsp3) is 0.455. The molecule has 16 heavy (non-hydrogen) atoms. The molecule has 2 rings (SSSR count). The summed E-state index contributed by atoms with van der Waals surface area (Å²) in [5, 5.41) is 0. The number of halogens is 3. The average molecular weight is 232 g/mol. The second-order valence-electron chi connectivity index (χ2n) is 4.70. The van der Waals surface area contributed by atoms with E-state index in [1.165, 1.54) is 6.07 Å². The van der Waals surface area contributed by atoms with Gasteiger partial charge in [0.1, 0.15) is 5.82 Å². The molecular formula is C11H11F3O2. The van der Waals surface area contributed by atoms with Gasteiger partial charge in [0.05, 0.1) is 0 Å². The number of fused-ring (bicyclic) bond motifs is 1. The Morgan fingerprint density at radius 1 is 1.06 bits per heavy atom. The smallest absolute Gasteiger partial charge is 0.395 e. The van der Waals surface area contributed by atoms with Crippen LogP contribution in [0.5, 0.6) is 11.5 Å². The van der Waals surface area contributed by atoms with Gasteiger partial charge in [-0.2, -0.15) is 0 Å². The van der Waals surface area contributed by atoms with Gasteiger partial charge in [-0.3, -0.25) is 0 Å². The van der Waals surface area contributed by atoms with Crippen molar-refractivity contribution < 1.29 is 22.6 Å². The fourth-order valence-corrected chi connectivity index (χ4v) is 1.55. The first-order valence-electron chi connectivity index (χ1n) is 4.79. The summed E-state index contributed by atoms with van der Waals surface area (Å²) in [7, 11) is 0. The highest BCUT2D eigenvalue weighted by Crippen LogP contribution is 2.44. The predicted molar refractivity (Wildman–Crippen MR) is 51.3 cm³/mol. The third-order valence-electron chi connectivity index (χ3n) is 2.30. The summed E-state index contributed by atoms with van der Waals surface area (Å²) in [6, 6.07) is 2.18. The summed E-state index contributed by atoms with van der Waals surface area (Å²) in [6.07, 6.45) is -3.70. The quantitative estimate of drug-likeness (QED) is 0.682. The van der Waals surface area contributed by atoms with E-state index in [1.807, 2.05) is 0 Å². The summed E-state index contributed by atoms with van der Waals surface area (Å²) < 4.78 is 47.5. The summed E-state index contributed by atoms with van der Waals surface area (Å²) in [6.45, 7) is 5.35. The Balaban J connectivity index is 2.49. The number of benzene rings is 1. The summed E-state index contributed by atoms with van der Waals surface area (Å²) in [5.74, 6) is -0.973. The van der Waals surface area contributed by atoms with Crippen LogP contribution in [-0.4, -0.2) is 6.29 Å². The molecule has 5 heteroatoms. The Morgan fingerprint density at radius 2 is 1.56 bits per heavy atom. The van der Waals surface area contributed by atoms with E-state index in [-0.39, 0.29) is 11.5 Å². The van der Waals surface area contributed by atoms with E-state index in [9.17, 15) is 13.2 Å². The second-order valence-corrected chi connectivity index (χ2v) is 4.70. The molecule has 2 nitrogen and oxygen atoms in total. The van der Waals surface area contributed by atoms with Gasteiger partial charge in [0.25, 0.3) is 0 Å². The van der Waals surface area contributed by atoms with Crippen LogP contribution in [0.1, 0.15) is 26.3 Å². The third kappa shape index (κ3) is 1.81. The van der Waals surface area contributed by atoms with Gasteiger partial charge in [0, 0.05) is 6.07 Å². The maximum Gasteiger partial charge on any atom is 0.586 e. The first kappa shape index (κ1) is 11.1. The van der Waals surface area contributed by atoms with Gasteiger partial charge in [-0.25, -0.2) is 4.39 Å². The highest BCUT2D eigenvalue weighted by Gasteiger charge is 2.44. The number of hydrogen-bond donors (Lipinski definition) is 0. The predicted octanol–water partition coefficient (Wildman–Crippen LogP) is 3.44. The molecule has 0 unspecified atom stereocenters. The zero-order valence-corrected chi connectivity index (χ0v) is 9.11. The molecule has 0 spiro atoms. The molecule has 1 aliphatic heterocycles. The number of hydrogen-bond acceptors (Lipinski definition) is 2. The van der Waals surface area contributed by atoms with Crippen molar-refractivity contribution in [1.82, 2.24) is 0 Å². The highest BCUT2D eigenvalue weighted by atomic mass is 19.3. The molecule has 1 aromatic rings. The van der Waals surface area contributed by atoms with Crippen LogP contribution in [0.15, 0.2) is 12.1 Å². The molecule has 0 amide bonds. The standard InChI is InChI=1S/C11H11F3O2/c1-10(2,3)6-4-8-9(5-7(6)12)16-11(13,14)15-8/h4-5H,1-3H3. The van der Waals surface area contributed by atoms with Crippen LogP contribution in [0.3, 0.4) is 0 Å². The van der Waals surface area contributed by atoms with Crippen LogP contribution in [0.25, 0.3) is 0 Å². The molecule has 0 saturated heterocycles. The Kier molecular flexibility index (Phi) is 2.12.